The van der Waals surface area contributed by atoms with E-state index >= 15 is 0 Å². The quantitative estimate of drug-likeness (QED) is 0.756. The Labute approximate surface area is 120 Å². The zero-order chi connectivity index (χ0) is 13.5. The summed E-state index contributed by atoms with van der Waals surface area (Å²) in [6.07, 6.45) is 11.3. The molecule has 2 unspecified atom stereocenters. The van der Waals surface area contributed by atoms with Crippen molar-refractivity contribution in [3.8, 4) is 0 Å². The molecule has 2 rings (SSSR count). The molecular formula is C17H34N2. The van der Waals surface area contributed by atoms with Gasteiger partial charge in [0.2, 0.25) is 0 Å². The normalized spacial score (nSPS) is 30.0. The van der Waals surface area contributed by atoms with E-state index in [0.717, 1.165) is 17.9 Å². The van der Waals surface area contributed by atoms with Crippen LogP contribution in [-0.2, 0) is 0 Å². The third-order valence-electron chi connectivity index (χ3n) is 5.19. The van der Waals surface area contributed by atoms with E-state index in [2.05, 4.69) is 24.1 Å². The molecule has 0 radical (unpaired) electrons. The molecule has 2 aliphatic rings. The summed E-state index contributed by atoms with van der Waals surface area (Å²) in [5, 5.41) is 3.89. The van der Waals surface area contributed by atoms with Crippen molar-refractivity contribution < 1.29 is 0 Å². The van der Waals surface area contributed by atoms with Gasteiger partial charge in [0.05, 0.1) is 0 Å². The summed E-state index contributed by atoms with van der Waals surface area (Å²) in [5.41, 5.74) is 0. The molecule has 2 heteroatoms. The molecule has 1 saturated heterocycles. The van der Waals surface area contributed by atoms with Crippen LogP contribution in [0.4, 0.5) is 0 Å². The van der Waals surface area contributed by atoms with Gasteiger partial charge in [-0.3, -0.25) is 0 Å². The Morgan fingerprint density at radius 3 is 2.53 bits per heavy atom. The number of nitrogens with zero attached hydrogens (tertiary/aromatic N) is 1. The molecule has 1 aliphatic heterocycles. The molecule has 0 spiro atoms. The van der Waals surface area contributed by atoms with Crippen molar-refractivity contribution in [2.24, 2.45) is 11.8 Å². The van der Waals surface area contributed by atoms with Crippen LogP contribution < -0.4 is 5.32 Å². The van der Waals surface area contributed by atoms with Crippen molar-refractivity contribution in [2.75, 3.05) is 26.2 Å². The highest BCUT2D eigenvalue weighted by Crippen LogP contribution is 2.25. The lowest BCUT2D eigenvalue weighted by molar-refractivity contribution is 0.134. The minimum absolute atomic E-state index is 0.760. The second kappa shape index (κ2) is 8.26. The molecule has 0 aromatic heterocycles. The highest BCUT2D eigenvalue weighted by Gasteiger charge is 2.26. The van der Waals surface area contributed by atoms with Crippen molar-refractivity contribution in [2.45, 2.75) is 71.3 Å². The molecule has 2 nitrogen and oxygen atoms in total. The van der Waals surface area contributed by atoms with Crippen LogP contribution in [0.1, 0.15) is 65.2 Å². The Kier molecular flexibility index (Phi) is 6.66. The Balaban J connectivity index is 1.74. The Morgan fingerprint density at radius 1 is 1.05 bits per heavy atom. The highest BCUT2D eigenvalue weighted by molar-refractivity contribution is 4.84. The molecule has 1 heterocycles. The van der Waals surface area contributed by atoms with Crippen molar-refractivity contribution >= 4 is 0 Å². The maximum atomic E-state index is 3.89. The fourth-order valence-corrected chi connectivity index (χ4v) is 3.86. The van der Waals surface area contributed by atoms with Gasteiger partial charge in [-0.15, -0.1) is 0 Å². The zero-order valence-corrected chi connectivity index (χ0v) is 13.2. The first kappa shape index (κ1) is 15.3. The third-order valence-corrected chi connectivity index (χ3v) is 5.19. The maximum absolute atomic E-state index is 3.89. The lowest BCUT2D eigenvalue weighted by atomic mass is 9.91. The highest BCUT2D eigenvalue weighted by atomic mass is 15.2. The van der Waals surface area contributed by atoms with Gasteiger partial charge in [-0.05, 0) is 50.6 Å². The van der Waals surface area contributed by atoms with E-state index in [9.17, 15) is 0 Å². The fourth-order valence-electron chi connectivity index (χ4n) is 3.86. The van der Waals surface area contributed by atoms with E-state index < -0.39 is 0 Å². The number of likely N-dealkylation sites (tertiary alicyclic amines) is 1. The van der Waals surface area contributed by atoms with Gasteiger partial charge in [-0.2, -0.15) is 0 Å². The van der Waals surface area contributed by atoms with E-state index in [1.807, 2.05) is 0 Å². The minimum Gasteiger partial charge on any atom is -0.312 e. The molecule has 0 bridgehead atoms. The predicted molar refractivity (Wildman–Crippen MR) is 83.5 cm³/mol. The Morgan fingerprint density at radius 2 is 1.84 bits per heavy atom. The Hall–Kier alpha value is -0.0800. The molecule has 0 aromatic carbocycles. The third kappa shape index (κ3) is 5.07. The smallest absolute Gasteiger partial charge is 0.0198 e. The first-order chi connectivity index (χ1) is 9.31. The number of piperidine rings is 1. The van der Waals surface area contributed by atoms with Crippen molar-refractivity contribution in [1.82, 2.24) is 10.2 Å². The predicted octanol–water partition coefficient (Wildman–Crippen LogP) is 3.67. The molecule has 2 fully saturated rings. The van der Waals surface area contributed by atoms with Gasteiger partial charge in [0.25, 0.3) is 0 Å². The summed E-state index contributed by atoms with van der Waals surface area (Å²) in [6.45, 7) is 9.90. The van der Waals surface area contributed by atoms with Crippen LogP contribution in [0.3, 0.4) is 0 Å². The molecule has 0 amide bonds. The maximum Gasteiger partial charge on any atom is 0.0198 e. The lowest BCUT2D eigenvalue weighted by Gasteiger charge is -2.38. The second-order valence-corrected chi connectivity index (χ2v) is 6.88. The van der Waals surface area contributed by atoms with Crippen LogP contribution in [0.25, 0.3) is 0 Å². The first-order valence-corrected chi connectivity index (χ1v) is 8.77. The zero-order valence-electron chi connectivity index (χ0n) is 13.2. The van der Waals surface area contributed by atoms with E-state index in [0.29, 0.717) is 0 Å². The largest absolute Gasteiger partial charge is 0.312 e. The Bertz CT molecular complexity index is 235. The molecule has 1 N–H and O–H groups in total. The van der Waals surface area contributed by atoms with E-state index in [4.69, 9.17) is 0 Å². The molecule has 0 aromatic rings. The van der Waals surface area contributed by atoms with E-state index in [1.165, 1.54) is 77.5 Å². The summed E-state index contributed by atoms with van der Waals surface area (Å²) in [4.78, 5) is 2.72. The molecule has 1 saturated carbocycles. The summed E-state index contributed by atoms with van der Waals surface area (Å²) < 4.78 is 0. The van der Waals surface area contributed by atoms with Crippen LogP contribution in [0, 0.1) is 11.8 Å². The lowest BCUT2D eigenvalue weighted by Crippen LogP contribution is -2.50. The van der Waals surface area contributed by atoms with Gasteiger partial charge in [-0.25, -0.2) is 0 Å². The van der Waals surface area contributed by atoms with Crippen LogP contribution >= 0.6 is 0 Å². The number of nitrogens with one attached hydrogen (secondary N) is 1. The van der Waals surface area contributed by atoms with Gasteiger partial charge in [0, 0.05) is 19.1 Å². The minimum atomic E-state index is 0.760. The summed E-state index contributed by atoms with van der Waals surface area (Å²) in [6, 6.07) is 0.760. The SMILES string of the molecule is CCCCN1CC(CC)CC(NCC2CCCC2)C1. The topological polar surface area (TPSA) is 15.3 Å². The van der Waals surface area contributed by atoms with Crippen molar-refractivity contribution in [3.05, 3.63) is 0 Å². The molecule has 112 valence electrons. The first-order valence-electron chi connectivity index (χ1n) is 8.77. The van der Waals surface area contributed by atoms with Crippen molar-refractivity contribution in [3.63, 3.8) is 0 Å². The van der Waals surface area contributed by atoms with Gasteiger partial charge in [0.15, 0.2) is 0 Å². The van der Waals surface area contributed by atoms with E-state index in [1.54, 1.807) is 0 Å². The van der Waals surface area contributed by atoms with Crippen LogP contribution in [0.15, 0.2) is 0 Å². The average molecular weight is 266 g/mol. The fraction of sp³-hybridized carbons (Fsp3) is 1.00. The van der Waals surface area contributed by atoms with Crippen LogP contribution in [0.2, 0.25) is 0 Å². The van der Waals surface area contributed by atoms with Crippen molar-refractivity contribution in [1.29, 1.82) is 0 Å². The van der Waals surface area contributed by atoms with Gasteiger partial charge >= 0.3 is 0 Å². The number of unbranched alkanes of at least 4 members (excludes halogenated alkanes) is 1. The average Bonchev–Trinajstić information content (AvgIpc) is 2.96. The monoisotopic (exact) mass is 266 g/mol. The van der Waals surface area contributed by atoms with E-state index in [-0.39, 0.29) is 0 Å². The number of hydrogen-bond acceptors (Lipinski definition) is 2. The molecule has 1 aliphatic carbocycles. The van der Waals surface area contributed by atoms with Gasteiger partial charge in [0.1, 0.15) is 0 Å². The summed E-state index contributed by atoms with van der Waals surface area (Å²) in [7, 11) is 0. The molecular weight excluding hydrogens is 232 g/mol. The second-order valence-electron chi connectivity index (χ2n) is 6.88. The molecule has 19 heavy (non-hydrogen) atoms. The van der Waals surface area contributed by atoms with Crippen LogP contribution in [0.5, 0.6) is 0 Å². The summed E-state index contributed by atoms with van der Waals surface area (Å²) in [5.74, 6) is 1.90. The van der Waals surface area contributed by atoms with Gasteiger partial charge < -0.3 is 10.2 Å². The standard InChI is InChI=1S/C17H34N2/c1-3-5-10-19-13-15(4-2)11-17(14-19)18-12-16-8-6-7-9-16/h15-18H,3-14H2,1-2H3. The molecule has 2 atom stereocenters. The summed E-state index contributed by atoms with van der Waals surface area (Å²) >= 11 is 0. The van der Waals surface area contributed by atoms with Crippen LogP contribution in [-0.4, -0.2) is 37.1 Å². The number of rotatable bonds is 7. The van der Waals surface area contributed by atoms with Gasteiger partial charge in [-0.1, -0.05) is 39.5 Å². The number of hydrogen-bond donors (Lipinski definition) is 1.